The fourth-order valence-corrected chi connectivity index (χ4v) is 3.53. The number of imidazole rings is 1. The lowest BCUT2D eigenvalue weighted by atomic mass is 10.2. The zero-order chi connectivity index (χ0) is 23.5. The average molecular weight is 451 g/mol. The van der Waals surface area contributed by atoms with Gasteiger partial charge in [-0.05, 0) is 50.2 Å². The second-order valence-electron chi connectivity index (χ2n) is 7.53. The third kappa shape index (κ3) is 4.26. The summed E-state index contributed by atoms with van der Waals surface area (Å²) in [7, 11) is 0. The fourth-order valence-electron chi connectivity index (χ4n) is 3.53. The van der Waals surface area contributed by atoms with Crippen molar-refractivity contribution in [1.29, 1.82) is 0 Å². The fraction of sp³-hybridized carbons (Fsp3) is 0.0800. The van der Waals surface area contributed by atoms with E-state index in [9.17, 15) is 4.79 Å². The summed E-state index contributed by atoms with van der Waals surface area (Å²) in [6.07, 6.45) is 6.55. The van der Waals surface area contributed by atoms with Gasteiger partial charge in [-0.2, -0.15) is 5.10 Å². The third-order valence-electron chi connectivity index (χ3n) is 5.29. The predicted octanol–water partition coefficient (Wildman–Crippen LogP) is 4.51. The Kier molecular flexibility index (Phi) is 5.57. The molecule has 0 atom stereocenters. The first kappa shape index (κ1) is 21.1. The summed E-state index contributed by atoms with van der Waals surface area (Å²) >= 11 is 0. The van der Waals surface area contributed by atoms with E-state index in [1.54, 1.807) is 47.4 Å². The van der Waals surface area contributed by atoms with Crippen molar-refractivity contribution in [2.75, 3.05) is 5.32 Å². The Labute approximate surface area is 195 Å². The normalized spacial score (nSPS) is 10.8. The summed E-state index contributed by atoms with van der Waals surface area (Å²) in [6.45, 7) is 3.76. The number of carbonyl (C=O) groups excluding carboxylic acids is 1. The summed E-state index contributed by atoms with van der Waals surface area (Å²) in [4.78, 5) is 25.5. The van der Waals surface area contributed by atoms with Crippen LogP contribution in [0.3, 0.4) is 0 Å². The van der Waals surface area contributed by atoms with Gasteiger partial charge in [0.1, 0.15) is 23.7 Å². The Bertz CT molecular complexity index is 1440. The molecular formula is C25H21N7O2. The summed E-state index contributed by atoms with van der Waals surface area (Å²) in [5, 5.41) is 7.26. The van der Waals surface area contributed by atoms with Crippen LogP contribution in [-0.4, -0.2) is 35.2 Å². The number of para-hydroxylation sites is 1. The van der Waals surface area contributed by atoms with Crippen molar-refractivity contribution in [1.82, 2.24) is 29.3 Å². The Morgan fingerprint density at radius 3 is 2.50 bits per heavy atom. The van der Waals surface area contributed by atoms with Crippen molar-refractivity contribution in [2.45, 2.75) is 13.8 Å². The van der Waals surface area contributed by atoms with Crippen molar-refractivity contribution in [3.8, 4) is 23.1 Å². The molecule has 9 heteroatoms. The Balaban J connectivity index is 1.27. The zero-order valence-corrected chi connectivity index (χ0v) is 18.6. The first-order chi connectivity index (χ1) is 16.6. The van der Waals surface area contributed by atoms with Gasteiger partial charge in [-0.25, -0.2) is 19.6 Å². The lowest BCUT2D eigenvalue weighted by Gasteiger charge is -2.09. The van der Waals surface area contributed by atoms with Gasteiger partial charge in [-0.1, -0.05) is 18.2 Å². The Morgan fingerprint density at radius 1 is 0.971 bits per heavy atom. The maximum absolute atomic E-state index is 12.8. The van der Waals surface area contributed by atoms with Crippen molar-refractivity contribution in [3.05, 3.63) is 103 Å². The molecule has 0 fully saturated rings. The molecule has 3 heterocycles. The Morgan fingerprint density at radius 2 is 1.76 bits per heavy atom. The van der Waals surface area contributed by atoms with E-state index in [2.05, 4.69) is 25.4 Å². The van der Waals surface area contributed by atoms with E-state index in [1.165, 1.54) is 6.33 Å². The van der Waals surface area contributed by atoms with Crippen LogP contribution in [0, 0.1) is 13.8 Å². The monoisotopic (exact) mass is 451 g/mol. The van der Waals surface area contributed by atoms with E-state index < -0.39 is 0 Å². The molecule has 5 aromatic rings. The number of nitrogens with one attached hydrogen (secondary N) is 1. The molecule has 3 aromatic heterocycles. The minimum atomic E-state index is -0.232. The van der Waals surface area contributed by atoms with Gasteiger partial charge in [0.2, 0.25) is 5.88 Å². The molecule has 168 valence electrons. The second-order valence-corrected chi connectivity index (χ2v) is 7.53. The van der Waals surface area contributed by atoms with E-state index in [-0.39, 0.29) is 5.91 Å². The van der Waals surface area contributed by atoms with Gasteiger partial charge in [0.25, 0.3) is 5.91 Å². The SMILES string of the molecule is Cc1nccn1-c1cc(Oc2ccc(NC(=O)c3cnn(-c4ccccc4)c3C)cc2)ncn1. The zero-order valence-electron chi connectivity index (χ0n) is 18.6. The van der Waals surface area contributed by atoms with Crippen LogP contribution in [0.5, 0.6) is 11.6 Å². The second kappa shape index (κ2) is 8.99. The standard InChI is InChI=1S/C25H21N7O2/c1-17-22(15-29-32(17)20-6-4-3-5-7-20)25(33)30-19-8-10-21(11-9-19)34-24-14-23(27-16-28-24)31-13-12-26-18(31)2/h3-16H,1-2H3,(H,30,33). The van der Waals surface area contributed by atoms with Crippen LogP contribution in [0.15, 0.2) is 85.6 Å². The van der Waals surface area contributed by atoms with Gasteiger partial charge in [0.05, 0.1) is 23.1 Å². The van der Waals surface area contributed by atoms with E-state index in [4.69, 9.17) is 4.74 Å². The number of aromatic nitrogens is 6. The van der Waals surface area contributed by atoms with Crippen LogP contribution in [0.2, 0.25) is 0 Å². The van der Waals surface area contributed by atoms with Gasteiger partial charge >= 0.3 is 0 Å². The van der Waals surface area contributed by atoms with Crippen LogP contribution in [0.25, 0.3) is 11.5 Å². The van der Waals surface area contributed by atoms with Gasteiger partial charge in [0, 0.05) is 24.1 Å². The molecule has 1 N–H and O–H groups in total. The van der Waals surface area contributed by atoms with Crippen LogP contribution in [-0.2, 0) is 0 Å². The first-order valence-electron chi connectivity index (χ1n) is 10.6. The molecular weight excluding hydrogens is 430 g/mol. The molecule has 0 radical (unpaired) electrons. The molecule has 0 aliphatic heterocycles. The minimum absolute atomic E-state index is 0.232. The summed E-state index contributed by atoms with van der Waals surface area (Å²) in [5.41, 5.74) is 2.81. The van der Waals surface area contributed by atoms with Gasteiger partial charge in [0.15, 0.2) is 0 Å². The molecule has 34 heavy (non-hydrogen) atoms. The van der Waals surface area contributed by atoms with E-state index in [0.717, 1.165) is 17.2 Å². The van der Waals surface area contributed by atoms with Crippen molar-refractivity contribution in [2.24, 2.45) is 0 Å². The summed E-state index contributed by atoms with van der Waals surface area (Å²) in [5.74, 6) is 2.23. The molecule has 9 nitrogen and oxygen atoms in total. The average Bonchev–Trinajstić information content (AvgIpc) is 3.46. The lowest BCUT2D eigenvalue weighted by molar-refractivity contribution is 0.102. The number of amides is 1. The highest BCUT2D eigenvalue weighted by Gasteiger charge is 2.15. The largest absolute Gasteiger partial charge is 0.439 e. The number of hydrogen-bond acceptors (Lipinski definition) is 6. The topological polar surface area (TPSA) is 99.8 Å². The smallest absolute Gasteiger partial charge is 0.259 e. The Hall–Kier alpha value is -4.79. The number of ether oxygens (including phenoxy) is 1. The highest BCUT2D eigenvalue weighted by atomic mass is 16.5. The number of hydrogen-bond donors (Lipinski definition) is 1. The van der Waals surface area contributed by atoms with Crippen LogP contribution in [0.4, 0.5) is 5.69 Å². The number of benzene rings is 2. The molecule has 1 amide bonds. The predicted molar refractivity (Wildman–Crippen MR) is 127 cm³/mol. The highest BCUT2D eigenvalue weighted by molar-refractivity contribution is 6.05. The minimum Gasteiger partial charge on any atom is -0.439 e. The van der Waals surface area contributed by atoms with E-state index >= 15 is 0 Å². The van der Waals surface area contributed by atoms with E-state index in [0.29, 0.717) is 28.7 Å². The summed E-state index contributed by atoms with van der Waals surface area (Å²) < 4.78 is 9.45. The summed E-state index contributed by atoms with van der Waals surface area (Å²) in [6, 6.07) is 18.5. The molecule has 0 bridgehead atoms. The van der Waals surface area contributed by atoms with E-state index in [1.807, 2.05) is 54.9 Å². The third-order valence-corrected chi connectivity index (χ3v) is 5.29. The molecule has 0 aliphatic rings. The molecule has 0 aliphatic carbocycles. The number of rotatable bonds is 6. The van der Waals surface area contributed by atoms with Crippen LogP contribution in [0.1, 0.15) is 21.9 Å². The van der Waals surface area contributed by atoms with Crippen LogP contribution >= 0.6 is 0 Å². The maximum atomic E-state index is 12.8. The van der Waals surface area contributed by atoms with Crippen molar-refractivity contribution in [3.63, 3.8) is 0 Å². The quantitative estimate of drug-likeness (QED) is 0.408. The van der Waals surface area contributed by atoms with Crippen molar-refractivity contribution < 1.29 is 9.53 Å². The van der Waals surface area contributed by atoms with Gasteiger partial charge in [-0.15, -0.1) is 0 Å². The number of nitrogens with zero attached hydrogens (tertiary/aromatic N) is 6. The molecule has 0 saturated heterocycles. The highest BCUT2D eigenvalue weighted by Crippen LogP contribution is 2.23. The van der Waals surface area contributed by atoms with Crippen LogP contribution < -0.4 is 10.1 Å². The molecule has 0 saturated carbocycles. The number of carbonyl (C=O) groups is 1. The maximum Gasteiger partial charge on any atom is 0.259 e. The van der Waals surface area contributed by atoms with Gasteiger partial charge < -0.3 is 10.1 Å². The number of anilines is 1. The first-order valence-corrected chi connectivity index (χ1v) is 10.6. The number of aryl methyl sites for hydroxylation is 1. The molecule has 0 unspecified atom stereocenters. The molecule has 5 rings (SSSR count). The van der Waals surface area contributed by atoms with Crippen molar-refractivity contribution >= 4 is 11.6 Å². The van der Waals surface area contributed by atoms with Gasteiger partial charge in [-0.3, -0.25) is 9.36 Å². The lowest BCUT2D eigenvalue weighted by Crippen LogP contribution is -2.13. The molecule has 0 spiro atoms. The molecule has 2 aromatic carbocycles.